The van der Waals surface area contributed by atoms with Gasteiger partial charge in [-0.15, -0.1) is 0 Å². The first kappa shape index (κ1) is 18.2. The molecule has 0 spiro atoms. The Labute approximate surface area is 155 Å². The molecular formula is C19H18ClFN2O3. The Kier molecular flexibility index (Phi) is 4.87. The number of hydrogen-bond acceptors (Lipinski definition) is 3. The monoisotopic (exact) mass is 376 g/mol. The molecule has 0 saturated carbocycles. The minimum atomic E-state index is -1.03. The van der Waals surface area contributed by atoms with Gasteiger partial charge in [0.2, 0.25) is 5.91 Å². The van der Waals surface area contributed by atoms with Crippen molar-refractivity contribution in [3.05, 3.63) is 53.3 Å². The number of halogens is 2. The van der Waals surface area contributed by atoms with Crippen LogP contribution in [0.1, 0.15) is 20.3 Å². The van der Waals surface area contributed by atoms with E-state index in [2.05, 4.69) is 5.32 Å². The van der Waals surface area contributed by atoms with Crippen LogP contribution in [0.15, 0.2) is 42.5 Å². The van der Waals surface area contributed by atoms with Gasteiger partial charge in [0.05, 0.1) is 5.69 Å². The molecule has 0 aliphatic carbocycles. The van der Waals surface area contributed by atoms with Gasteiger partial charge in [-0.2, -0.15) is 0 Å². The predicted octanol–water partition coefficient (Wildman–Crippen LogP) is 4.01. The number of anilines is 2. The van der Waals surface area contributed by atoms with Gasteiger partial charge in [0.15, 0.2) is 5.60 Å². The summed E-state index contributed by atoms with van der Waals surface area (Å²) in [5, 5.41) is 3.15. The molecule has 0 saturated heterocycles. The third kappa shape index (κ3) is 3.80. The summed E-state index contributed by atoms with van der Waals surface area (Å²) in [4.78, 5) is 26.4. The molecule has 0 atom stereocenters. The van der Waals surface area contributed by atoms with E-state index in [0.29, 0.717) is 22.1 Å². The van der Waals surface area contributed by atoms with E-state index in [4.69, 9.17) is 16.3 Å². The van der Waals surface area contributed by atoms with Crippen LogP contribution >= 0.6 is 11.6 Å². The Morgan fingerprint density at radius 2 is 1.92 bits per heavy atom. The zero-order valence-corrected chi connectivity index (χ0v) is 15.1. The van der Waals surface area contributed by atoms with Crippen molar-refractivity contribution in [2.75, 3.05) is 16.8 Å². The summed E-state index contributed by atoms with van der Waals surface area (Å²) in [6, 6.07) is 10.5. The molecule has 1 aliphatic heterocycles. The highest BCUT2D eigenvalue weighted by molar-refractivity contribution is 6.31. The summed E-state index contributed by atoms with van der Waals surface area (Å²) in [6.45, 7) is 3.53. The van der Waals surface area contributed by atoms with E-state index < -0.39 is 5.60 Å². The van der Waals surface area contributed by atoms with Crippen LogP contribution in [0.2, 0.25) is 5.02 Å². The van der Waals surface area contributed by atoms with Crippen molar-refractivity contribution < 1.29 is 18.7 Å². The number of rotatable bonds is 4. The maximum absolute atomic E-state index is 12.9. The Bertz CT molecular complexity index is 852. The molecule has 5 nitrogen and oxygen atoms in total. The smallest absolute Gasteiger partial charge is 0.270 e. The molecule has 0 bridgehead atoms. The maximum Gasteiger partial charge on any atom is 0.270 e. The number of ether oxygens (including phenoxy) is 1. The molecule has 0 aromatic heterocycles. The van der Waals surface area contributed by atoms with E-state index in [9.17, 15) is 14.0 Å². The van der Waals surface area contributed by atoms with Crippen molar-refractivity contribution in [1.29, 1.82) is 0 Å². The van der Waals surface area contributed by atoms with Crippen LogP contribution in [0.5, 0.6) is 5.75 Å². The lowest BCUT2D eigenvalue weighted by atomic mass is 10.0. The molecule has 1 aliphatic rings. The highest BCUT2D eigenvalue weighted by Crippen LogP contribution is 2.39. The molecule has 7 heteroatoms. The third-order valence-corrected chi connectivity index (χ3v) is 4.26. The van der Waals surface area contributed by atoms with E-state index in [1.807, 2.05) is 0 Å². The van der Waals surface area contributed by atoms with Gasteiger partial charge in [0.25, 0.3) is 5.91 Å². The van der Waals surface area contributed by atoms with Crippen molar-refractivity contribution in [2.24, 2.45) is 0 Å². The van der Waals surface area contributed by atoms with Gasteiger partial charge >= 0.3 is 0 Å². The Balaban J connectivity index is 1.73. The fourth-order valence-corrected chi connectivity index (χ4v) is 2.90. The lowest BCUT2D eigenvalue weighted by Gasteiger charge is -2.38. The van der Waals surface area contributed by atoms with Gasteiger partial charge in [-0.05, 0) is 56.3 Å². The average Bonchev–Trinajstić information content (AvgIpc) is 2.58. The number of nitrogens with zero attached hydrogens (tertiary/aromatic N) is 1. The summed E-state index contributed by atoms with van der Waals surface area (Å²) in [5.74, 6) is -0.366. The van der Waals surface area contributed by atoms with Crippen molar-refractivity contribution in [3.8, 4) is 5.75 Å². The summed E-state index contributed by atoms with van der Waals surface area (Å²) < 4.78 is 18.7. The van der Waals surface area contributed by atoms with Gasteiger partial charge in [0.1, 0.15) is 11.6 Å². The number of carbonyl (C=O) groups excluding carboxylic acids is 2. The van der Waals surface area contributed by atoms with Crippen molar-refractivity contribution in [2.45, 2.75) is 25.9 Å². The molecule has 3 rings (SSSR count). The molecule has 26 heavy (non-hydrogen) atoms. The van der Waals surface area contributed by atoms with Crippen LogP contribution in [0.3, 0.4) is 0 Å². The topological polar surface area (TPSA) is 58.6 Å². The average molecular weight is 377 g/mol. The zero-order valence-electron chi connectivity index (χ0n) is 14.4. The highest BCUT2D eigenvalue weighted by Gasteiger charge is 2.40. The molecule has 2 amide bonds. The SMILES string of the molecule is CC1(C)Oc2ccc(Cl)cc2N(CCC(=O)Nc2ccc(F)cc2)C1=O. The molecule has 136 valence electrons. The van der Waals surface area contributed by atoms with Crippen molar-refractivity contribution in [3.63, 3.8) is 0 Å². The van der Waals surface area contributed by atoms with Gasteiger partial charge in [-0.1, -0.05) is 11.6 Å². The zero-order chi connectivity index (χ0) is 18.9. The van der Waals surface area contributed by atoms with Crippen LogP contribution in [0.25, 0.3) is 0 Å². The van der Waals surface area contributed by atoms with Crippen LogP contribution in [-0.4, -0.2) is 24.0 Å². The standard InChI is InChI=1S/C19H18ClFN2O3/c1-19(2)18(25)23(15-11-12(20)3-8-16(15)26-19)10-9-17(24)22-14-6-4-13(21)5-7-14/h3-8,11H,9-10H2,1-2H3,(H,22,24). The number of hydrogen-bond donors (Lipinski definition) is 1. The van der Waals surface area contributed by atoms with E-state index >= 15 is 0 Å². The van der Waals surface area contributed by atoms with Crippen molar-refractivity contribution in [1.82, 2.24) is 0 Å². The van der Waals surface area contributed by atoms with Crippen molar-refractivity contribution >= 4 is 34.8 Å². The number of amides is 2. The number of benzene rings is 2. The predicted molar refractivity (Wildman–Crippen MR) is 98.2 cm³/mol. The van der Waals surface area contributed by atoms with Gasteiger partial charge in [-0.3, -0.25) is 9.59 Å². The Morgan fingerprint density at radius 1 is 1.23 bits per heavy atom. The normalized spacial score (nSPS) is 15.2. The number of nitrogens with one attached hydrogen (secondary N) is 1. The van der Waals surface area contributed by atoms with Crippen LogP contribution in [0.4, 0.5) is 15.8 Å². The first-order valence-corrected chi connectivity index (χ1v) is 8.50. The summed E-state index contributed by atoms with van der Waals surface area (Å²) in [7, 11) is 0. The number of fused-ring (bicyclic) bond motifs is 1. The Morgan fingerprint density at radius 3 is 2.62 bits per heavy atom. The second-order valence-electron chi connectivity index (χ2n) is 6.49. The van der Waals surface area contributed by atoms with Crippen LogP contribution < -0.4 is 15.0 Å². The van der Waals surface area contributed by atoms with Gasteiger partial charge < -0.3 is 15.0 Å². The maximum atomic E-state index is 12.9. The van der Waals surface area contributed by atoms with E-state index in [0.717, 1.165) is 0 Å². The summed E-state index contributed by atoms with van der Waals surface area (Å²) >= 11 is 6.04. The fourth-order valence-electron chi connectivity index (χ4n) is 2.73. The van der Waals surface area contributed by atoms with Crippen LogP contribution in [-0.2, 0) is 9.59 Å². The first-order valence-electron chi connectivity index (χ1n) is 8.12. The minimum Gasteiger partial charge on any atom is -0.476 e. The van der Waals surface area contributed by atoms with E-state index in [-0.39, 0.29) is 30.6 Å². The first-order chi connectivity index (χ1) is 12.3. The quantitative estimate of drug-likeness (QED) is 0.877. The third-order valence-electron chi connectivity index (χ3n) is 4.03. The van der Waals surface area contributed by atoms with Gasteiger partial charge in [0, 0.05) is 23.7 Å². The molecule has 0 unspecified atom stereocenters. The fraction of sp³-hybridized carbons (Fsp3) is 0.263. The molecule has 0 radical (unpaired) electrons. The molecule has 2 aromatic rings. The summed E-state index contributed by atoms with van der Waals surface area (Å²) in [6.07, 6.45) is 0.0746. The molecule has 2 aromatic carbocycles. The lowest BCUT2D eigenvalue weighted by Crippen LogP contribution is -2.53. The van der Waals surface area contributed by atoms with Gasteiger partial charge in [-0.25, -0.2) is 4.39 Å². The second-order valence-corrected chi connectivity index (χ2v) is 6.92. The second kappa shape index (κ2) is 6.96. The molecular weight excluding hydrogens is 359 g/mol. The van der Waals surface area contributed by atoms with Crippen LogP contribution in [0, 0.1) is 5.82 Å². The minimum absolute atomic E-state index is 0.0746. The summed E-state index contributed by atoms with van der Waals surface area (Å²) in [5.41, 5.74) is -0.00117. The Hall–Kier alpha value is -2.60. The molecule has 1 heterocycles. The number of carbonyl (C=O) groups is 2. The highest BCUT2D eigenvalue weighted by atomic mass is 35.5. The van der Waals surface area contributed by atoms with E-state index in [1.165, 1.54) is 29.2 Å². The molecule has 0 fully saturated rings. The largest absolute Gasteiger partial charge is 0.476 e. The van der Waals surface area contributed by atoms with E-state index in [1.54, 1.807) is 32.0 Å². The molecule has 1 N–H and O–H groups in total. The lowest BCUT2D eigenvalue weighted by molar-refractivity contribution is -0.132.